The maximum Gasteiger partial charge on any atom is 0.227 e. The van der Waals surface area contributed by atoms with Gasteiger partial charge >= 0.3 is 0 Å². The Morgan fingerprint density at radius 3 is 2.19 bits per heavy atom. The first kappa shape index (κ1) is 20.8. The molecule has 2 heterocycles. The molecular formula is C24H26N2O5. The van der Waals surface area contributed by atoms with Crippen LogP contribution in [0.2, 0.25) is 0 Å². The zero-order valence-electron chi connectivity index (χ0n) is 17.8. The van der Waals surface area contributed by atoms with Crippen molar-refractivity contribution in [1.29, 1.82) is 0 Å². The third-order valence-corrected chi connectivity index (χ3v) is 5.68. The van der Waals surface area contributed by atoms with Crippen LogP contribution in [-0.2, 0) is 22.4 Å². The number of ether oxygens (including phenoxy) is 2. The molecule has 162 valence electrons. The van der Waals surface area contributed by atoms with E-state index in [-0.39, 0.29) is 18.2 Å². The van der Waals surface area contributed by atoms with Crippen LogP contribution >= 0.6 is 0 Å². The molecule has 0 aliphatic carbocycles. The highest BCUT2D eigenvalue weighted by Gasteiger charge is 2.25. The number of methoxy groups -OCH3 is 2. The van der Waals surface area contributed by atoms with Crippen molar-refractivity contribution in [2.45, 2.75) is 12.8 Å². The van der Waals surface area contributed by atoms with E-state index < -0.39 is 0 Å². The molecule has 0 atom stereocenters. The summed E-state index contributed by atoms with van der Waals surface area (Å²) >= 11 is 0. The highest BCUT2D eigenvalue weighted by Crippen LogP contribution is 2.26. The molecule has 1 aromatic heterocycles. The third kappa shape index (κ3) is 4.66. The number of amides is 2. The monoisotopic (exact) mass is 422 g/mol. The second kappa shape index (κ2) is 9.12. The fourth-order valence-corrected chi connectivity index (χ4v) is 3.88. The van der Waals surface area contributed by atoms with Gasteiger partial charge in [0.1, 0.15) is 17.1 Å². The molecular weight excluding hydrogens is 396 g/mol. The molecule has 7 nitrogen and oxygen atoms in total. The summed E-state index contributed by atoms with van der Waals surface area (Å²) in [7, 11) is 3.22. The van der Waals surface area contributed by atoms with Crippen LogP contribution in [0.5, 0.6) is 11.5 Å². The normalized spacial score (nSPS) is 14.0. The van der Waals surface area contributed by atoms with Gasteiger partial charge in [-0.2, -0.15) is 0 Å². The number of furan rings is 1. The van der Waals surface area contributed by atoms with Crippen LogP contribution in [0, 0.1) is 0 Å². The van der Waals surface area contributed by atoms with Gasteiger partial charge in [-0.3, -0.25) is 9.59 Å². The molecule has 0 N–H and O–H groups in total. The Hall–Kier alpha value is -3.48. The summed E-state index contributed by atoms with van der Waals surface area (Å²) < 4.78 is 16.0. The maximum atomic E-state index is 12.8. The van der Waals surface area contributed by atoms with Gasteiger partial charge in [-0.15, -0.1) is 0 Å². The summed E-state index contributed by atoms with van der Waals surface area (Å²) in [5, 5.41) is 0.918. The molecule has 0 radical (unpaired) electrons. The quantitative estimate of drug-likeness (QED) is 0.611. The molecule has 31 heavy (non-hydrogen) atoms. The number of benzene rings is 2. The van der Waals surface area contributed by atoms with Crippen molar-refractivity contribution in [2.24, 2.45) is 0 Å². The van der Waals surface area contributed by atoms with Crippen LogP contribution in [0.25, 0.3) is 11.0 Å². The molecule has 1 aliphatic heterocycles. The van der Waals surface area contributed by atoms with E-state index >= 15 is 0 Å². The number of hydrogen-bond acceptors (Lipinski definition) is 5. The zero-order valence-corrected chi connectivity index (χ0v) is 17.8. The first-order chi connectivity index (χ1) is 15.1. The molecule has 1 saturated heterocycles. The van der Waals surface area contributed by atoms with Crippen molar-refractivity contribution in [1.82, 2.24) is 9.80 Å². The van der Waals surface area contributed by atoms with Gasteiger partial charge < -0.3 is 23.7 Å². The molecule has 2 aromatic carbocycles. The minimum atomic E-state index is 0.0402. The molecule has 2 amide bonds. The van der Waals surface area contributed by atoms with Crippen molar-refractivity contribution >= 4 is 22.8 Å². The Morgan fingerprint density at radius 2 is 1.52 bits per heavy atom. The van der Waals surface area contributed by atoms with E-state index in [0.29, 0.717) is 38.2 Å². The molecule has 1 fully saturated rings. The van der Waals surface area contributed by atoms with E-state index in [2.05, 4.69) is 0 Å². The second-order valence-corrected chi connectivity index (χ2v) is 7.59. The van der Waals surface area contributed by atoms with Crippen molar-refractivity contribution in [2.75, 3.05) is 40.4 Å². The van der Waals surface area contributed by atoms with E-state index in [0.717, 1.165) is 28.0 Å². The lowest BCUT2D eigenvalue weighted by molar-refractivity contribution is -0.138. The van der Waals surface area contributed by atoms with Gasteiger partial charge in [-0.25, -0.2) is 0 Å². The van der Waals surface area contributed by atoms with Gasteiger partial charge in [0.25, 0.3) is 0 Å². The van der Waals surface area contributed by atoms with E-state index in [9.17, 15) is 9.59 Å². The molecule has 1 aliphatic rings. The Balaban J connectivity index is 1.32. The maximum absolute atomic E-state index is 12.8. The van der Waals surface area contributed by atoms with Gasteiger partial charge in [0, 0.05) is 43.2 Å². The molecule has 0 unspecified atom stereocenters. The Bertz CT molecular complexity index is 1080. The summed E-state index contributed by atoms with van der Waals surface area (Å²) in [5.41, 5.74) is 2.49. The minimum absolute atomic E-state index is 0.0402. The van der Waals surface area contributed by atoms with Gasteiger partial charge in [-0.1, -0.05) is 12.1 Å². The lowest BCUT2D eigenvalue weighted by atomic mass is 10.1. The highest BCUT2D eigenvalue weighted by molar-refractivity contribution is 5.88. The topological polar surface area (TPSA) is 72.2 Å². The summed E-state index contributed by atoms with van der Waals surface area (Å²) in [4.78, 5) is 29.1. The van der Waals surface area contributed by atoms with Crippen molar-refractivity contribution in [3.05, 3.63) is 59.9 Å². The Labute approximate surface area is 181 Å². The zero-order chi connectivity index (χ0) is 21.8. The third-order valence-electron chi connectivity index (χ3n) is 5.68. The predicted molar refractivity (Wildman–Crippen MR) is 116 cm³/mol. The van der Waals surface area contributed by atoms with E-state index in [1.54, 1.807) is 20.5 Å². The lowest BCUT2D eigenvalue weighted by Gasteiger charge is -2.35. The number of fused-ring (bicyclic) bond motifs is 1. The number of hydrogen-bond donors (Lipinski definition) is 0. The van der Waals surface area contributed by atoms with E-state index in [1.165, 1.54) is 0 Å². The standard InChI is InChI=1S/C24H26N2O5/c1-29-19-5-3-4-17(12-19)13-23(27)25-8-10-26(11-9-25)24(28)14-18-16-31-22-15-20(30-2)6-7-21(18)22/h3-7,12,15-16H,8-11,13-14H2,1-2H3. The van der Waals surface area contributed by atoms with Crippen LogP contribution in [0.3, 0.4) is 0 Å². The van der Waals surface area contributed by atoms with Crippen LogP contribution < -0.4 is 9.47 Å². The summed E-state index contributed by atoms with van der Waals surface area (Å²) in [6.45, 7) is 2.15. The van der Waals surface area contributed by atoms with Crippen molar-refractivity contribution in [3.8, 4) is 11.5 Å². The van der Waals surface area contributed by atoms with Gasteiger partial charge in [0.15, 0.2) is 0 Å². The van der Waals surface area contributed by atoms with Crippen LogP contribution in [0.15, 0.2) is 53.1 Å². The highest BCUT2D eigenvalue weighted by atomic mass is 16.5. The summed E-state index contributed by atoms with van der Waals surface area (Å²) in [6.07, 6.45) is 2.24. The SMILES string of the molecule is COc1cccc(CC(=O)N2CCN(C(=O)Cc3coc4cc(OC)ccc34)CC2)c1. The lowest BCUT2D eigenvalue weighted by Crippen LogP contribution is -2.51. The molecule has 7 heteroatoms. The first-order valence-electron chi connectivity index (χ1n) is 10.3. The summed E-state index contributed by atoms with van der Waals surface area (Å²) in [5.74, 6) is 1.56. The van der Waals surface area contributed by atoms with Crippen LogP contribution in [0.1, 0.15) is 11.1 Å². The molecule has 0 bridgehead atoms. The molecule has 0 saturated carbocycles. The van der Waals surface area contributed by atoms with E-state index in [4.69, 9.17) is 13.9 Å². The number of carbonyl (C=O) groups excluding carboxylic acids is 2. The Morgan fingerprint density at radius 1 is 0.871 bits per heavy atom. The van der Waals surface area contributed by atoms with Crippen LogP contribution in [0.4, 0.5) is 0 Å². The number of piperazine rings is 1. The van der Waals surface area contributed by atoms with Gasteiger partial charge in [0.2, 0.25) is 11.8 Å². The molecule has 0 spiro atoms. The average Bonchev–Trinajstić information content (AvgIpc) is 3.21. The van der Waals surface area contributed by atoms with Gasteiger partial charge in [0.05, 0.1) is 33.3 Å². The fourth-order valence-electron chi connectivity index (χ4n) is 3.88. The second-order valence-electron chi connectivity index (χ2n) is 7.59. The fraction of sp³-hybridized carbons (Fsp3) is 0.333. The number of rotatable bonds is 6. The molecule has 3 aromatic rings. The largest absolute Gasteiger partial charge is 0.497 e. The molecule has 4 rings (SSSR count). The number of carbonyl (C=O) groups is 2. The van der Waals surface area contributed by atoms with Gasteiger partial charge in [-0.05, 0) is 29.8 Å². The smallest absolute Gasteiger partial charge is 0.227 e. The minimum Gasteiger partial charge on any atom is -0.497 e. The van der Waals surface area contributed by atoms with E-state index in [1.807, 2.05) is 52.3 Å². The van der Waals surface area contributed by atoms with Crippen LogP contribution in [-0.4, -0.2) is 62.0 Å². The number of nitrogens with zero attached hydrogens (tertiary/aromatic N) is 2. The average molecular weight is 422 g/mol. The van der Waals surface area contributed by atoms with Crippen molar-refractivity contribution < 1.29 is 23.5 Å². The van der Waals surface area contributed by atoms with Crippen molar-refractivity contribution in [3.63, 3.8) is 0 Å². The Kier molecular flexibility index (Phi) is 6.11. The first-order valence-corrected chi connectivity index (χ1v) is 10.3. The summed E-state index contributed by atoms with van der Waals surface area (Å²) in [6, 6.07) is 13.1. The predicted octanol–water partition coefficient (Wildman–Crippen LogP) is 2.91.